The number of rotatable bonds is 6. The molecule has 1 rings (SSSR count). The molecule has 0 aliphatic rings. The molecule has 0 heterocycles. The molecule has 3 N–H and O–H groups in total. The highest BCUT2D eigenvalue weighted by Crippen LogP contribution is 2.23. The smallest absolute Gasteiger partial charge is 0.303 e. The van der Waals surface area contributed by atoms with Crippen LogP contribution in [0.25, 0.3) is 0 Å². The van der Waals surface area contributed by atoms with Gasteiger partial charge in [0, 0.05) is 11.3 Å². The van der Waals surface area contributed by atoms with Crippen molar-refractivity contribution in [1.29, 1.82) is 0 Å². The fourth-order valence-electron chi connectivity index (χ4n) is 1.17. The van der Waals surface area contributed by atoms with Crippen LogP contribution in [0, 0.1) is 5.82 Å². The Morgan fingerprint density at radius 3 is 2.81 bits per heavy atom. The normalized spacial score (nSPS) is 10.3. The third kappa shape index (κ3) is 4.53. The first-order valence-electron chi connectivity index (χ1n) is 4.99. The number of carbonyl (C=O) groups is 1. The average molecular weight is 243 g/mol. The van der Waals surface area contributed by atoms with Crippen molar-refractivity contribution in [2.75, 3.05) is 11.5 Å². The lowest BCUT2D eigenvalue weighted by Gasteiger charge is -2.02. The number of carboxylic acids is 1. The second-order valence-corrected chi connectivity index (χ2v) is 4.55. The van der Waals surface area contributed by atoms with E-state index < -0.39 is 11.8 Å². The molecule has 3 nitrogen and oxygen atoms in total. The summed E-state index contributed by atoms with van der Waals surface area (Å²) in [6, 6.07) is 4.70. The predicted octanol–water partition coefficient (Wildman–Crippen LogP) is 2.75. The summed E-state index contributed by atoms with van der Waals surface area (Å²) in [5.74, 6) is -0.393. The van der Waals surface area contributed by atoms with Gasteiger partial charge in [0.05, 0.1) is 5.69 Å². The number of halogens is 1. The topological polar surface area (TPSA) is 63.3 Å². The number of thioether (sulfide) groups is 1. The van der Waals surface area contributed by atoms with E-state index in [0.717, 1.165) is 17.1 Å². The van der Waals surface area contributed by atoms with Gasteiger partial charge in [0.25, 0.3) is 0 Å². The Balaban J connectivity index is 2.27. The summed E-state index contributed by atoms with van der Waals surface area (Å²) in [7, 11) is 0. The highest BCUT2D eigenvalue weighted by Gasteiger charge is 2.01. The third-order valence-corrected chi connectivity index (χ3v) is 3.11. The van der Waals surface area contributed by atoms with Crippen LogP contribution in [0.15, 0.2) is 23.1 Å². The van der Waals surface area contributed by atoms with E-state index in [9.17, 15) is 9.18 Å². The van der Waals surface area contributed by atoms with E-state index in [4.69, 9.17) is 10.8 Å². The van der Waals surface area contributed by atoms with Crippen LogP contribution in [0.5, 0.6) is 0 Å². The van der Waals surface area contributed by atoms with Gasteiger partial charge in [0.1, 0.15) is 5.82 Å². The number of carboxylic acid groups (broad SMARTS) is 1. The van der Waals surface area contributed by atoms with Crippen molar-refractivity contribution in [1.82, 2.24) is 0 Å². The highest BCUT2D eigenvalue weighted by atomic mass is 32.2. The first kappa shape index (κ1) is 12.8. The van der Waals surface area contributed by atoms with Crippen molar-refractivity contribution in [3.05, 3.63) is 24.0 Å². The lowest BCUT2D eigenvalue weighted by atomic mass is 10.2. The van der Waals surface area contributed by atoms with Crippen LogP contribution < -0.4 is 5.73 Å². The number of anilines is 1. The average Bonchev–Trinajstić information content (AvgIpc) is 2.22. The molecular formula is C11H14FNO2S. The number of aliphatic carboxylic acids is 1. The van der Waals surface area contributed by atoms with Gasteiger partial charge in [-0.1, -0.05) is 0 Å². The summed E-state index contributed by atoms with van der Waals surface area (Å²) in [4.78, 5) is 11.1. The van der Waals surface area contributed by atoms with Gasteiger partial charge in [-0.15, -0.1) is 11.8 Å². The Labute approximate surface area is 97.8 Å². The molecule has 0 saturated carbocycles. The van der Waals surface area contributed by atoms with Crippen LogP contribution in [-0.4, -0.2) is 16.8 Å². The van der Waals surface area contributed by atoms with Crippen LogP contribution >= 0.6 is 11.8 Å². The Kier molecular flexibility index (Phi) is 5.11. The summed E-state index contributed by atoms with van der Waals surface area (Å²) >= 11 is 1.51. The lowest BCUT2D eigenvalue weighted by molar-refractivity contribution is -0.137. The quantitative estimate of drug-likeness (QED) is 0.458. The van der Waals surface area contributed by atoms with Gasteiger partial charge in [-0.25, -0.2) is 4.39 Å². The molecule has 5 heteroatoms. The number of benzene rings is 1. The number of hydrogen-bond acceptors (Lipinski definition) is 3. The molecule has 1 aromatic carbocycles. The van der Waals surface area contributed by atoms with Gasteiger partial charge < -0.3 is 10.8 Å². The fourth-order valence-corrected chi connectivity index (χ4v) is 2.10. The number of nitrogens with two attached hydrogens (primary N) is 1. The monoisotopic (exact) mass is 243 g/mol. The molecule has 16 heavy (non-hydrogen) atoms. The molecule has 0 spiro atoms. The zero-order valence-corrected chi connectivity index (χ0v) is 9.60. The van der Waals surface area contributed by atoms with Crippen LogP contribution in [0.4, 0.5) is 10.1 Å². The zero-order valence-electron chi connectivity index (χ0n) is 8.78. The van der Waals surface area contributed by atoms with Crippen LogP contribution in [0.1, 0.15) is 19.3 Å². The molecule has 0 unspecified atom stereocenters. The summed E-state index contributed by atoms with van der Waals surface area (Å²) < 4.78 is 13.0. The minimum absolute atomic E-state index is 0.148. The molecule has 0 atom stereocenters. The molecule has 1 aromatic rings. The summed E-state index contributed by atoms with van der Waals surface area (Å²) in [5.41, 5.74) is 5.50. The van der Waals surface area contributed by atoms with Crippen molar-refractivity contribution in [2.24, 2.45) is 0 Å². The van der Waals surface area contributed by atoms with E-state index >= 15 is 0 Å². The Bertz CT molecular complexity index is 371. The van der Waals surface area contributed by atoms with E-state index in [1.165, 1.54) is 23.9 Å². The molecule has 0 aromatic heterocycles. The number of nitrogen functional groups attached to an aromatic ring is 1. The molecule has 0 aliphatic carbocycles. The molecule has 0 fully saturated rings. The van der Waals surface area contributed by atoms with Crippen molar-refractivity contribution in [3.63, 3.8) is 0 Å². The van der Waals surface area contributed by atoms with E-state index in [-0.39, 0.29) is 12.1 Å². The van der Waals surface area contributed by atoms with Crippen molar-refractivity contribution < 1.29 is 14.3 Å². The molecule has 0 saturated heterocycles. The van der Waals surface area contributed by atoms with Crippen molar-refractivity contribution in [3.8, 4) is 0 Å². The minimum Gasteiger partial charge on any atom is -0.481 e. The van der Waals surface area contributed by atoms with Crippen molar-refractivity contribution >= 4 is 23.4 Å². The van der Waals surface area contributed by atoms with Gasteiger partial charge in [0.15, 0.2) is 0 Å². The van der Waals surface area contributed by atoms with Gasteiger partial charge in [0.2, 0.25) is 0 Å². The van der Waals surface area contributed by atoms with E-state index in [2.05, 4.69) is 0 Å². The van der Waals surface area contributed by atoms with E-state index in [1.54, 1.807) is 6.07 Å². The molecular weight excluding hydrogens is 229 g/mol. The molecule has 0 bridgehead atoms. The lowest BCUT2D eigenvalue weighted by Crippen LogP contribution is -1.94. The third-order valence-electron chi connectivity index (χ3n) is 2.03. The Hall–Kier alpha value is -1.23. The largest absolute Gasteiger partial charge is 0.481 e. The second kappa shape index (κ2) is 6.37. The summed E-state index contributed by atoms with van der Waals surface area (Å²) in [6.45, 7) is 0. The van der Waals surface area contributed by atoms with Crippen LogP contribution in [-0.2, 0) is 4.79 Å². The SMILES string of the molecule is Nc1ccc(SCCCCC(=O)O)cc1F. The summed E-state index contributed by atoms with van der Waals surface area (Å²) in [5, 5.41) is 8.43. The zero-order chi connectivity index (χ0) is 12.0. The van der Waals surface area contributed by atoms with Gasteiger partial charge >= 0.3 is 5.97 Å². The second-order valence-electron chi connectivity index (χ2n) is 3.38. The standard InChI is InChI=1S/C11H14FNO2S/c12-9-7-8(4-5-10(9)13)16-6-2-1-3-11(14)15/h4-5,7H,1-3,6,13H2,(H,14,15). The molecule has 88 valence electrons. The fraction of sp³-hybridized carbons (Fsp3) is 0.364. The summed E-state index contributed by atoms with van der Waals surface area (Å²) in [6.07, 6.45) is 1.65. The Morgan fingerprint density at radius 1 is 1.44 bits per heavy atom. The minimum atomic E-state index is -0.775. The van der Waals surface area contributed by atoms with E-state index in [0.29, 0.717) is 6.42 Å². The van der Waals surface area contributed by atoms with Gasteiger partial charge in [-0.3, -0.25) is 4.79 Å². The number of hydrogen-bond donors (Lipinski definition) is 2. The maximum atomic E-state index is 13.0. The predicted molar refractivity (Wildman–Crippen MR) is 63.0 cm³/mol. The highest BCUT2D eigenvalue weighted by molar-refractivity contribution is 7.99. The molecule has 0 radical (unpaired) electrons. The van der Waals surface area contributed by atoms with E-state index in [1.807, 2.05) is 0 Å². The first-order chi connectivity index (χ1) is 7.59. The van der Waals surface area contributed by atoms with Crippen molar-refractivity contribution in [2.45, 2.75) is 24.2 Å². The van der Waals surface area contributed by atoms with Gasteiger partial charge in [-0.05, 0) is 36.8 Å². The Morgan fingerprint density at radius 2 is 2.19 bits per heavy atom. The maximum Gasteiger partial charge on any atom is 0.303 e. The van der Waals surface area contributed by atoms with Crippen LogP contribution in [0.3, 0.4) is 0 Å². The first-order valence-corrected chi connectivity index (χ1v) is 5.98. The van der Waals surface area contributed by atoms with Gasteiger partial charge in [-0.2, -0.15) is 0 Å². The molecule has 0 aliphatic heterocycles. The van der Waals surface area contributed by atoms with Crippen LogP contribution in [0.2, 0.25) is 0 Å². The molecule has 0 amide bonds. The number of unbranched alkanes of at least 4 members (excludes halogenated alkanes) is 1. The maximum absolute atomic E-state index is 13.0.